The molecule has 0 saturated carbocycles. The molecule has 2 nitrogen and oxygen atoms in total. The van der Waals surface area contributed by atoms with Gasteiger partial charge in [-0.25, -0.2) is 22.0 Å². The minimum Gasteiger partial charge on any atom is -0.387 e. The maximum absolute atomic E-state index is 13.5. The van der Waals surface area contributed by atoms with Gasteiger partial charge in [0.15, 0.2) is 23.3 Å². The molecule has 0 aromatic heterocycles. The van der Waals surface area contributed by atoms with E-state index in [0.717, 1.165) is 0 Å². The van der Waals surface area contributed by atoms with E-state index in [-0.39, 0.29) is 19.0 Å². The largest absolute Gasteiger partial charge is 0.387 e. The predicted molar refractivity (Wildman–Crippen MR) is 61.3 cm³/mol. The molecule has 2 rings (SSSR count). The van der Waals surface area contributed by atoms with Crippen molar-refractivity contribution in [3.8, 4) is 0 Å². The third-order valence-electron chi connectivity index (χ3n) is 3.75. The van der Waals surface area contributed by atoms with Crippen LogP contribution in [-0.2, 0) is 6.54 Å². The summed E-state index contributed by atoms with van der Waals surface area (Å²) in [5, 5.41) is 9.99. The number of halogens is 5. The highest BCUT2D eigenvalue weighted by Crippen LogP contribution is 2.31. The van der Waals surface area contributed by atoms with Crippen molar-refractivity contribution >= 4 is 0 Å². The van der Waals surface area contributed by atoms with Gasteiger partial charge in [-0.05, 0) is 5.92 Å². The Morgan fingerprint density at radius 2 is 1.35 bits per heavy atom. The summed E-state index contributed by atoms with van der Waals surface area (Å²) in [7, 11) is 0. The lowest BCUT2D eigenvalue weighted by Gasteiger charge is -2.49. The average molecular weight is 295 g/mol. The summed E-state index contributed by atoms with van der Waals surface area (Å²) >= 11 is 0. The number of likely N-dealkylation sites (tertiary alicyclic amines) is 1. The molecule has 1 heterocycles. The van der Waals surface area contributed by atoms with Gasteiger partial charge in [-0.15, -0.1) is 0 Å². The normalized spacial score (nSPS) is 18.4. The maximum Gasteiger partial charge on any atom is 0.200 e. The van der Waals surface area contributed by atoms with Gasteiger partial charge in [0, 0.05) is 25.2 Å². The van der Waals surface area contributed by atoms with Crippen molar-refractivity contribution in [1.82, 2.24) is 4.90 Å². The van der Waals surface area contributed by atoms with Crippen LogP contribution in [0.3, 0.4) is 0 Å². The first-order valence-corrected chi connectivity index (χ1v) is 6.12. The molecule has 0 radical (unpaired) electrons. The van der Waals surface area contributed by atoms with E-state index >= 15 is 0 Å². The number of hydrogen-bond acceptors (Lipinski definition) is 2. The Morgan fingerprint density at radius 3 is 1.75 bits per heavy atom. The van der Waals surface area contributed by atoms with E-state index in [4.69, 9.17) is 0 Å². The highest BCUT2D eigenvalue weighted by atomic mass is 19.2. The van der Waals surface area contributed by atoms with Crippen molar-refractivity contribution in [2.24, 2.45) is 5.92 Å². The molecule has 1 aliphatic rings. The average Bonchev–Trinajstić information content (AvgIpc) is 2.36. The van der Waals surface area contributed by atoms with Crippen LogP contribution in [-0.4, -0.2) is 28.7 Å². The fourth-order valence-electron chi connectivity index (χ4n) is 2.22. The Morgan fingerprint density at radius 1 is 0.950 bits per heavy atom. The predicted octanol–water partition coefficient (Wildman–Crippen LogP) is 2.58. The molecule has 7 heteroatoms. The van der Waals surface area contributed by atoms with Gasteiger partial charge in [0.1, 0.15) is 0 Å². The fourth-order valence-corrected chi connectivity index (χ4v) is 2.22. The topological polar surface area (TPSA) is 23.5 Å². The van der Waals surface area contributed by atoms with Crippen LogP contribution in [0.15, 0.2) is 0 Å². The number of nitrogens with zero attached hydrogens (tertiary/aromatic N) is 1. The molecule has 1 aromatic rings. The molecule has 0 bridgehead atoms. The van der Waals surface area contributed by atoms with Crippen LogP contribution in [0.25, 0.3) is 0 Å². The summed E-state index contributed by atoms with van der Waals surface area (Å²) < 4.78 is 65.9. The van der Waals surface area contributed by atoms with Crippen molar-refractivity contribution in [2.45, 2.75) is 26.0 Å². The van der Waals surface area contributed by atoms with Crippen molar-refractivity contribution in [1.29, 1.82) is 0 Å². The van der Waals surface area contributed by atoms with Gasteiger partial charge in [0.25, 0.3) is 0 Å². The number of β-amino-alcohol motifs (C(OH)–C–C–N with tert-alkyl or cyclic N) is 1. The lowest BCUT2D eigenvalue weighted by atomic mass is 9.83. The quantitative estimate of drug-likeness (QED) is 0.526. The van der Waals surface area contributed by atoms with E-state index < -0.39 is 46.8 Å². The van der Waals surface area contributed by atoms with E-state index in [1.165, 1.54) is 4.90 Å². The summed E-state index contributed by atoms with van der Waals surface area (Å²) in [5.74, 6) is -9.75. The monoisotopic (exact) mass is 295 g/mol. The zero-order valence-electron chi connectivity index (χ0n) is 11.0. The first-order valence-electron chi connectivity index (χ1n) is 6.12. The Balaban J connectivity index is 2.21. The second-order valence-electron chi connectivity index (χ2n) is 5.45. The fraction of sp³-hybridized carbons (Fsp3) is 0.538. The Kier molecular flexibility index (Phi) is 3.77. The Labute approximate surface area is 112 Å². The van der Waals surface area contributed by atoms with Crippen LogP contribution >= 0.6 is 0 Å². The molecule has 1 fully saturated rings. The molecule has 0 aliphatic carbocycles. The van der Waals surface area contributed by atoms with Gasteiger partial charge < -0.3 is 5.11 Å². The molecule has 1 aliphatic heterocycles. The number of hydrogen-bond donors (Lipinski definition) is 1. The molecule has 0 spiro atoms. The lowest BCUT2D eigenvalue weighted by Crippen LogP contribution is -2.64. The molecule has 1 aromatic carbocycles. The van der Waals surface area contributed by atoms with Crippen LogP contribution in [0.2, 0.25) is 0 Å². The van der Waals surface area contributed by atoms with Crippen molar-refractivity contribution in [3.05, 3.63) is 34.6 Å². The highest BCUT2D eigenvalue weighted by Gasteiger charge is 2.44. The second kappa shape index (κ2) is 4.96. The SMILES string of the molecule is CC(C)C1(O)CN(Cc2c(F)c(F)c(F)c(F)c2F)C1. The minimum atomic E-state index is -2.16. The highest BCUT2D eigenvalue weighted by molar-refractivity contribution is 5.24. The van der Waals surface area contributed by atoms with Gasteiger partial charge >= 0.3 is 0 Å². The van der Waals surface area contributed by atoms with Crippen LogP contribution in [0, 0.1) is 35.0 Å². The molecule has 20 heavy (non-hydrogen) atoms. The molecule has 0 amide bonds. The smallest absolute Gasteiger partial charge is 0.200 e. The maximum atomic E-state index is 13.5. The summed E-state index contributed by atoms with van der Waals surface area (Å²) in [5.41, 5.74) is -1.85. The van der Waals surface area contributed by atoms with Gasteiger partial charge in [-0.3, -0.25) is 4.90 Å². The molecular weight excluding hydrogens is 281 g/mol. The zero-order chi connectivity index (χ0) is 15.2. The lowest BCUT2D eigenvalue weighted by molar-refractivity contribution is -0.131. The summed E-state index contributed by atoms with van der Waals surface area (Å²) in [6.45, 7) is 3.40. The zero-order valence-corrected chi connectivity index (χ0v) is 11.0. The number of rotatable bonds is 3. The van der Waals surface area contributed by atoms with E-state index in [0.29, 0.717) is 0 Å². The third-order valence-corrected chi connectivity index (χ3v) is 3.75. The van der Waals surface area contributed by atoms with E-state index in [9.17, 15) is 27.1 Å². The van der Waals surface area contributed by atoms with Crippen molar-refractivity contribution < 1.29 is 27.1 Å². The Hall–Kier alpha value is -1.21. The summed E-state index contributed by atoms with van der Waals surface area (Å²) in [4.78, 5) is 1.43. The molecule has 0 atom stereocenters. The van der Waals surface area contributed by atoms with Crippen LogP contribution in [0.1, 0.15) is 19.4 Å². The van der Waals surface area contributed by atoms with Gasteiger partial charge in [0.2, 0.25) is 5.82 Å². The van der Waals surface area contributed by atoms with Gasteiger partial charge in [-0.2, -0.15) is 0 Å². The van der Waals surface area contributed by atoms with E-state index in [1.54, 1.807) is 13.8 Å². The second-order valence-corrected chi connectivity index (χ2v) is 5.45. The summed E-state index contributed by atoms with van der Waals surface area (Å²) in [6.07, 6.45) is 0. The number of benzene rings is 1. The standard InChI is InChI=1S/C13H14F5NO/c1-6(2)13(20)4-19(5-13)3-7-8(14)10(16)12(18)11(17)9(7)15/h6,20H,3-5H2,1-2H3. The molecule has 112 valence electrons. The van der Waals surface area contributed by atoms with Gasteiger partial charge in [0.05, 0.1) is 5.60 Å². The van der Waals surface area contributed by atoms with Crippen LogP contribution < -0.4 is 0 Å². The molecule has 1 N–H and O–H groups in total. The number of aliphatic hydroxyl groups is 1. The van der Waals surface area contributed by atoms with Crippen molar-refractivity contribution in [3.63, 3.8) is 0 Å². The summed E-state index contributed by atoms with van der Waals surface area (Å²) in [6, 6.07) is 0. The minimum absolute atomic E-state index is 0.0601. The molecular formula is C13H14F5NO. The molecule has 0 unspecified atom stereocenters. The van der Waals surface area contributed by atoms with Crippen LogP contribution in [0.5, 0.6) is 0 Å². The van der Waals surface area contributed by atoms with E-state index in [2.05, 4.69) is 0 Å². The van der Waals surface area contributed by atoms with Crippen molar-refractivity contribution in [2.75, 3.05) is 13.1 Å². The Bertz CT molecular complexity index is 511. The first-order chi connectivity index (χ1) is 9.17. The third kappa shape index (κ3) is 2.29. The van der Waals surface area contributed by atoms with Gasteiger partial charge in [-0.1, -0.05) is 13.8 Å². The van der Waals surface area contributed by atoms with Crippen LogP contribution in [0.4, 0.5) is 22.0 Å². The molecule has 1 saturated heterocycles. The first kappa shape index (κ1) is 15.2. The van der Waals surface area contributed by atoms with E-state index in [1.807, 2.05) is 0 Å².